The standard InChI is InChI=1S/C14H26N4/c1-12(2)16-8-14-7-15-11-18(14)10-13-5-4-6-17(3)9-13/h7,11-13,16H,4-6,8-10H2,1-3H3. The van der Waals surface area contributed by atoms with Gasteiger partial charge in [-0.2, -0.15) is 0 Å². The highest BCUT2D eigenvalue weighted by molar-refractivity contribution is 4.98. The third kappa shape index (κ3) is 3.82. The fourth-order valence-electron chi connectivity index (χ4n) is 2.67. The molecule has 1 N–H and O–H groups in total. The molecule has 0 saturated carbocycles. The third-order valence-corrected chi connectivity index (χ3v) is 3.67. The van der Waals surface area contributed by atoms with Crippen LogP contribution in [-0.2, 0) is 13.1 Å². The van der Waals surface area contributed by atoms with Crippen LogP contribution in [0, 0.1) is 5.92 Å². The normalized spacial score (nSPS) is 21.7. The Morgan fingerprint density at radius 1 is 1.50 bits per heavy atom. The maximum atomic E-state index is 4.29. The van der Waals surface area contributed by atoms with E-state index in [1.165, 1.54) is 31.6 Å². The molecule has 4 heteroatoms. The van der Waals surface area contributed by atoms with Crippen molar-refractivity contribution >= 4 is 0 Å². The SMILES string of the molecule is CC(C)NCc1cncn1CC1CCCN(C)C1. The Morgan fingerprint density at radius 2 is 2.33 bits per heavy atom. The number of hydrogen-bond donors (Lipinski definition) is 1. The predicted molar refractivity (Wildman–Crippen MR) is 74.4 cm³/mol. The lowest BCUT2D eigenvalue weighted by molar-refractivity contribution is 0.193. The summed E-state index contributed by atoms with van der Waals surface area (Å²) in [6.45, 7) is 8.85. The van der Waals surface area contributed by atoms with Gasteiger partial charge in [-0.25, -0.2) is 4.98 Å². The number of nitrogens with one attached hydrogen (secondary N) is 1. The average molecular weight is 250 g/mol. The van der Waals surface area contributed by atoms with Crippen molar-refractivity contribution in [2.75, 3.05) is 20.1 Å². The van der Waals surface area contributed by atoms with Crippen LogP contribution in [0.5, 0.6) is 0 Å². The Bertz CT molecular complexity index is 358. The lowest BCUT2D eigenvalue weighted by Gasteiger charge is -2.30. The summed E-state index contributed by atoms with van der Waals surface area (Å²) in [6, 6.07) is 0.522. The van der Waals surface area contributed by atoms with Crippen molar-refractivity contribution in [3.8, 4) is 0 Å². The zero-order valence-electron chi connectivity index (χ0n) is 11.9. The van der Waals surface area contributed by atoms with Crippen molar-refractivity contribution in [1.29, 1.82) is 0 Å². The molecule has 102 valence electrons. The molecule has 1 saturated heterocycles. The molecule has 18 heavy (non-hydrogen) atoms. The first kappa shape index (κ1) is 13.6. The quantitative estimate of drug-likeness (QED) is 0.864. The maximum absolute atomic E-state index is 4.29. The summed E-state index contributed by atoms with van der Waals surface area (Å²) in [5.41, 5.74) is 1.30. The van der Waals surface area contributed by atoms with E-state index < -0.39 is 0 Å². The molecule has 1 aromatic rings. The van der Waals surface area contributed by atoms with Gasteiger partial charge in [0.1, 0.15) is 0 Å². The molecule has 4 nitrogen and oxygen atoms in total. The number of imidazole rings is 1. The summed E-state index contributed by atoms with van der Waals surface area (Å²) >= 11 is 0. The van der Waals surface area contributed by atoms with Gasteiger partial charge < -0.3 is 14.8 Å². The number of nitrogens with zero attached hydrogens (tertiary/aromatic N) is 3. The summed E-state index contributed by atoms with van der Waals surface area (Å²) in [5.74, 6) is 0.774. The lowest BCUT2D eigenvalue weighted by Crippen LogP contribution is -2.34. The first-order chi connectivity index (χ1) is 8.65. The summed E-state index contributed by atoms with van der Waals surface area (Å²) < 4.78 is 2.32. The van der Waals surface area contributed by atoms with E-state index in [0.717, 1.165) is 19.0 Å². The molecule has 1 aliphatic heterocycles. The number of rotatable bonds is 5. The van der Waals surface area contributed by atoms with Crippen molar-refractivity contribution in [3.05, 3.63) is 18.2 Å². The lowest BCUT2D eigenvalue weighted by atomic mass is 9.98. The van der Waals surface area contributed by atoms with E-state index in [4.69, 9.17) is 0 Å². The van der Waals surface area contributed by atoms with Gasteiger partial charge >= 0.3 is 0 Å². The van der Waals surface area contributed by atoms with Crippen LogP contribution in [0.4, 0.5) is 0 Å². The highest BCUT2D eigenvalue weighted by Crippen LogP contribution is 2.17. The first-order valence-electron chi connectivity index (χ1n) is 7.06. The number of hydrogen-bond acceptors (Lipinski definition) is 3. The van der Waals surface area contributed by atoms with Crippen LogP contribution in [0.1, 0.15) is 32.4 Å². The van der Waals surface area contributed by atoms with Gasteiger partial charge in [0.25, 0.3) is 0 Å². The summed E-state index contributed by atoms with van der Waals surface area (Å²) in [6.07, 6.45) is 6.64. The Kier molecular flexibility index (Phi) is 4.78. The van der Waals surface area contributed by atoms with E-state index in [9.17, 15) is 0 Å². The zero-order chi connectivity index (χ0) is 13.0. The van der Waals surface area contributed by atoms with Crippen LogP contribution in [0.3, 0.4) is 0 Å². The number of piperidine rings is 1. The van der Waals surface area contributed by atoms with Crippen LogP contribution < -0.4 is 5.32 Å². The summed E-state index contributed by atoms with van der Waals surface area (Å²) in [7, 11) is 2.22. The highest BCUT2D eigenvalue weighted by atomic mass is 15.1. The van der Waals surface area contributed by atoms with Gasteiger partial charge in [0.05, 0.1) is 12.0 Å². The Morgan fingerprint density at radius 3 is 3.06 bits per heavy atom. The zero-order valence-corrected chi connectivity index (χ0v) is 11.9. The van der Waals surface area contributed by atoms with Gasteiger partial charge in [0, 0.05) is 31.9 Å². The Balaban J connectivity index is 1.90. The molecule has 0 spiro atoms. The van der Waals surface area contributed by atoms with E-state index in [0.29, 0.717) is 6.04 Å². The fraction of sp³-hybridized carbons (Fsp3) is 0.786. The highest BCUT2D eigenvalue weighted by Gasteiger charge is 2.18. The third-order valence-electron chi connectivity index (χ3n) is 3.67. The monoisotopic (exact) mass is 250 g/mol. The van der Waals surface area contributed by atoms with E-state index in [1.807, 2.05) is 12.5 Å². The van der Waals surface area contributed by atoms with Crippen molar-refractivity contribution in [2.45, 2.75) is 45.8 Å². The molecule has 1 aliphatic rings. The fourth-order valence-corrected chi connectivity index (χ4v) is 2.67. The molecule has 1 aromatic heterocycles. The second-order valence-electron chi connectivity index (χ2n) is 5.84. The molecule has 2 heterocycles. The van der Waals surface area contributed by atoms with Crippen LogP contribution in [0.15, 0.2) is 12.5 Å². The van der Waals surface area contributed by atoms with Crippen molar-refractivity contribution in [3.63, 3.8) is 0 Å². The van der Waals surface area contributed by atoms with Crippen molar-refractivity contribution in [1.82, 2.24) is 19.8 Å². The second-order valence-corrected chi connectivity index (χ2v) is 5.84. The smallest absolute Gasteiger partial charge is 0.0948 e. The predicted octanol–water partition coefficient (Wildman–Crippen LogP) is 1.72. The molecule has 1 atom stereocenters. The van der Waals surface area contributed by atoms with Gasteiger partial charge in [0.15, 0.2) is 0 Å². The largest absolute Gasteiger partial charge is 0.333 e. The minimum atomic E-state index is 0.522. The van der Waals surface area contributed by atoms with E-state index in [2.05, 4.69) is 40.7 Å². The van der Waals surface area contributed by atoms with Crippen LogP contribution in [0.25, 0.3) is 0 Å². The van der Waals surface area contributed by atoms with E-state index >= 15 is 0 Å². The molecule has 0 radical (unpaired) electrons. The molecule has 1 fully saturated rings. The number of aromatic nitrogens is 2. The molecule has 0 bridgehead atoms. The maximum Gasteiger partial charge on any atom is 0.0948 e. The molecular weight excluding hydrogens is 224 g/mol. The molecule has 0 aromatic carbocycles. The molecule has 0 amide bonds. The minimum absolute atomic E-state index is 0.522. The molecule has 0 aliphatic carbocycles. The van der Waals surface area contributed by atoms with Crippen LogP contribution >= 0.6 is 0 Å². The average Bonchev–Trinajstić information content (AvgIpc) is 2.74. The van der Waals surface area contributed by atoms with Gasteiger partial charge in [-0.3, -0.25) is 0 Å². The van der Waals surface area contributed by atoms with Gasteiger partial charge in [-0.15, -0.1) is 0 Å². The molecular formula is C14H26N4. The topological polar surface area (TPSA) is 33.1 Å². The van der Waals surface area contributed by atoms with Gasteiger partial charge in [0.2, 0.25) is 0 Å². The van der Waals surface area contributed by atoms with Gasteiger partial charge in [-0.05, 0) is 32.4 Å². The Hall–Kier alpha value is -0.870. The van der Waals surface area contributed by atoms with E-state index in [-0.39, 0.29) is 0 Å². The van der Waals surface area contributed by atoms with Crippen LogP contribution in [-0.4, -0.2) is 40.6 Å². The van der Waals surface area contributed by atoms with Gasteiger partial charge in [-0.1, -0.05) is 13.8 Å². The molecule has 1 unspecified atom stereocenters. The first-order valence-corrected chi connectivity index (χ1v) is 7.06. The molecule has 2 rings (SSSR count). The minimum Gasteiger partial charge on any atom is -0.333 e. The van der Waals surface area contributed by atoms with E-state index in [1.54, 1.807) is 0 Å². The van der Waals surface area contributed by atoms with Crippen molar-refractivity contribution < 1.29 is 0 Å². The van der Waals surface area contributed by atoms with Crippen LogP contribution in [0.2, 0.25) is 0 Å². The number of likely N-dealkylation sites (tertiary alicyclic amines) is 1. The summed E-state index contributed by atoms with van der Waals surface area (Å²) in [5, 5.41) is 3.46. The summed E-state index contributed by atoms with van der Waals surface area (Å²) in [4.78, 5) is 6.74. The second kappa shape index (κ2) is 6.34. The van der Waals surface area contributed by atoms with Crippen molar-refractivity contribution in [2.24, 2.45) is 5.92 Å². The Labute approximate surface area is 110 Å².